The smallest absolute Gasteiger partial charge is 0.124 e. The summed E-state index contributed by atoms with van der Waals surface area (Å²) < 4.78 is 13.4. The van der Waals surface area contributed by atoms with Gasteiger partial charge in [0.1, 0.15) is 12.4 Å². The predicted molar refractivity (Wildman–Crippen MR) is 53.2 cm³/mol. The van der Waals surface area contributed by atoms with Crippen molar-refractivity contribution in [1.29, 1.82) is 5.26 Å². The molecule has 0 aliphatic carbocycles. The van der Waals surface area contributed by atoms with E-state index in [0.717, 1.165) is 9.26 Å². The van der Waals surface area contributed by atoms with Gasteiger partial charge in [-0.1, -0.05) is 0 Å². The first-order valence-corrected chi connectivity index (χ1v) is 4.38. The van der Waals surface area contributed by atoms with Gasteiger partial charge in [0.15, 0.2) is 0 Å². The summed E-state index contributed by atoms with van der Waals surface area (Å²) in [5.41, 5.74) is 0.790. The molecule has 0 saturated heterocycles. The van der Waals surface area contributed by atoms with Crippen LogP contribution in [0.1, 0.15) is 0 Å². The number of nitrogens with one attached hydrogen (secondary N) is 1. The third kappa shape index (κ3) is 2.34. The van der Waals surface area contributed by atoms with Crippen molar-refractivity contribution < 1.29 is 4.39 Å². The van der Waals surface area contributed by atoms with Crippen LogP contribution in [0.15, 0.2) is 18.2 Å². The summed E-state index contributed by atoms with van der Waals surface area (Å²) >= 11 is 2.01. The molecule has 1 N–H and O–H groups in total. The van der Waals surface area contributed by atoms with E-state index in [2.05, 4.69) is 5.32 Å². The second-order valence-corrected chi connectivity index (χ2v) is 3.30. The van der Waals surface area contributed by atoms with Crippen LogP contribution in [-0.4, -0.2) is 6.54 Å². The molecule has 0 saturated carbocycles. The number of halogens is 2. The van der Waals surface area contributed by atoms with Crippen molar-refractivity contribution in [2.24, 2.45) is 0 Å². The number of hydrogen-bond donors (Lipinski definition) is 1. The number of anilines is 1. The molecule has 12 heavy (non-hydrogen) atoms. The highest BCUT2D eigenvalue weighted by atomic mass is 127. The van der Waals surface area contributed by atoms with E-state index in [1.807, 2.05) is 28.7 Å². The number of benzene rings is 1. The van der Waals surface area contributed by atoms with E-state index in [4.69, 9.17) is 5.26 Å². The van der Waals surface area contributed by atoms with Gasteiger partial charge in [-0.25, -0.2) is 4.39 Å². The van der Waals surface area contributed by atoms with E-state index in [1.54, 1.807) is 6.07 Å². The zero-order valence-corrected chi connectivity index (χ0v) is 8.30. The molecule has 1 aromatic carbocycles. The Hall–Kier alpha value is -0.830. The Morgan fingerprint density at radius 1 is 1.58 bits per heavy atom. The van der Waals surface area contributed by atoms with Gasteiger partial charge in [0.25, 0.3) is 0 Å². The molecule has 0 heterocycles. The van der Waals surface area contributed by atoms with Gasteiger partial charge in [0.2, 0.25) is 0 Å². The number of nitriles is 1. The first-order valence-electron chi connectivity index (χ1n) is 3.30. The molecule has 0 bridgehead atoms. The van der Waals surface area contributed by atoms with Crippen LogP contribution in [0.5, 0.6) is 0 Å². The average molecular weight is 276 g/mol. The van der Waals surface area contributed by atoms with Crippen molar-refractivity contribution in [3.63, 3.8) is 0 Å². The van der Waals surface area contributed by atoms with Crippen LogP contribution in [0.25, 0.3) is 0 Å². The van der Waals surface area contributed by atoms with Crippen molar-refractivity contribution in [1.82, 2.24) is 0 Å². The summed E-state index contributed by atoms with van der Waals surface area (Å²) in [6.07, 6.45) is 0. The maximum Gasteiger partial charge on any atom is 0.124 e. The number of rotatable bonds is 2. The lowest BCUT2D eigenvalue weighted by atomic mass is 10.3. The van der Waals surface area contributed by atoms with Gasteiger partial charge < -0.3 is 5.32 Å². The minimum Gasteiger partial charge on any atom is -0.371 e. The van der Waals surface area contributed by atoms with Crippen LogP contribution in [-0.2, 0) is 0 Å². The molecule has 0 fully saturated rings. The lowest BCUT2D eigenvalue weighted by molar-refractivity contribution is 0.627. The molecule has 0 aliphatic heterocycles. The first kappa shape index (κ1) is 9.26. The highest BCUT2D eigenvalue weighted by Crippen LogP contribution is 2.18. The van der Waals surface area contributed by atoms with Crippen molar-refractivity contribution >= 4 is 28.3 Å². The van der Waals surface area contributed by atoms with Gasteiger partial charge in [0.05, 0.1) is 6.07 Å². The Morgan fingerprint density at radius 3 is 2.92 bits per heavy atom. The molecule has 0 spiro atoms. The lowest BCUT2D eigenvalue weighted by Crippen LogP contribution is -2.00. The molecular formula is C8H6FIN2. The molecule has 1 rings (SSSR count). The fraction of sp³-hybridized carbons (Fsp3) is 0.125. The molecule has 62 valence electrons. The van der Waals surface area contributed by atoms with Crippen LogP contribution < -0.4 is 5.32 Å². The predicted octanol–water partition coefficient (Wildman–Crippen LogP) is 2.37. The Balaban J connectivity index is 2.81. The average Bonchev–Trinajstić information content (AvgIpc) is 2.03. The van der Waals surface area contributed by atoms with Crippen molar-refractivity contribution in [3.05, 3.63) is 27.6 Å². The Bertz CT molecular complexity index is 319. The molecule has 0 aromatic heterocycles. The van der Waals surface area contributed by atoms with Gasteiger partial charge in [-0.05, 0) is 40.8 Å². The second-order valence-electron chi connectivity index (χ2n) is 2.14. The third-order valence-corrected chi connectivity index (χ3v) is 2.18. The Morgan fingerprint density at radius 2 is 2.33 bits per heavy atom. The topological polar surface area (TPSA) is 35.8 Å². The number of nitrogens with zero attached hydrogens (tertiary/aromatic N) is 1. The van der Waals surface area contributed by atoms with Gasteiger partial charge >= 0.3 is 0 Å². The number of hydrogen-bond acceptors (Lipinski definition) is 2. The molecule has 0 radical (unpaired) electrons. The van der Waals surface area contributed by atoms with Crippen LogP contribution in [0.2, 0.25) is 0 Å². The summed E-state index contributed by atoms with van der Waals surface area (Å²) in [5.74, 6) is -0.262. The van der Waals surface area contributed by atoms with E-state index in [1.165, 1.54) is 12.1 Å². The summed E-state index contributed by atoms with van der Waals surface area (Å²) in [6, 6.07) is 6.35. The minimum absolute atomic E-state index is 0.238. The van der Waals surface area contributed by atoms with E-state index in [9.17, 15) is 4.39 Å². The van der Waals surface area contributed by atoms with Crippen molar-refractivity contribution in [3.8, 4) is 6.07 Å². The SMILES string of the molecule is N#CCNc1ccc(F)cc1I. The van der Waals surface area contributed by atoms with Gasteiger partial charge in [-0.3, -0.25) is 0 Å². The molecule has 1 aromatic rings. The summed E-state index contributed by atoms with van der Waals surface area (Å²) in [4.78, 5) is 0. The zero-order chi connectivity index (χ0) is 8.97. The fourth-order valence-corrected chi connectivity index (χ4v) is 1.44. The van der Waals surface area contributed by atoms with Crippen molar-refractivity contribution in [2.45, 2.75) is 0 Å². The summed E-state index contributed by atoms with van der Waals surface area (Å²) in [5, 5.41) is 11.1. The summed E-state index contributed by atoms with van der Waals surface area (Å²) in [6.45, 7) is 0.238. The highest BCUT2D eigenvalue weighted by Gasteiger charge is 1.98. The minimum atomic E-state index is -0.262. The van der Waals surface area contributed by atoms with Crippen LogP contribution in [0.3, 0.4) is 0 Å². The maximum absolute atomic E-state index is 12.6. The second kappa shape index (κ2) is 4.26. The Labute approximate surface area is 83.5 Å². The summed E-state index contributed by atoms with van der Waals surface area (Å²) in [7, 11) is 0. The largest absolute Gasteiger partial charge is 0.371 e. The fourth-order valence-electron chi connectivity index (χ4n) is 0.768. The van der Waals surface area contributed by atoms with E-state index < -0.39 is 0 Å². The van der Waals surface area contributed by atoms with Gasteiger partial charge in [0, 0.05) is 9.26 Å². The lowest BCUT2D eigenvalue weighted by Gasteiger charge is -2.03. The maximum atomic E-state index is 12.6. The molecule has 2 nitrogen and oxygen atoms in total. The molecule has 0 atom stereocenters. The molecule has 4 heteroatoms. The van der Waals surface area contributed by atoms with E-state index >= 15 is 0 Å². The molecule has 0 unspecified atom stereocenters. The molecular weight excluding hydrogens is 270 g/mol. The van der Waals surface area contributed by atoms with E-state index in [0.29, 0.717) is 0 Å². The van der Waals surface area contributed by atoms with Crippen molar-refractivity contribution in [2.75, 3.05) is 11.9 Å². The Kier molecular flexibility index (Phi) is 3.29. The van der Waals surface area contributed by atoms with Crippen LogP contribution >= 0.6 is 22.6 Å². The zero-order valence-electron chi connectivity index (χ0n) is 6.14. The van der Waals surface area contributed by atoms with Gasteiger partial charge in [-0.15, -0.1) is 0 Å². The van der Waals surface area contributed by atoms with E-state index in [-0.39, 0.29) is 12.4 Å². The quantitative estimate of drug-likeness (QED) is 0.665. The molecule has 0 aliphatic rings. The first-order chi connectivity index (χ1) is 5.74. The van der Waals surface area contributed by atoms with Gasteiger partial charge in [-0.2, -0.15) is 5.26 Å². The molecule has 0 amide bonds. The standard InChI is InChI=1S/C8H6FIN2/c9-6-1-2-8(7(10)5-6)12-4-3-11/h1-2,5,12H,4H2. The normalized spacial score (nSPS) is 9.08. The monoisotopic (exact) mass is 276 g/mol. The van der Waals surface area contributed by atoms with Crippen LogP contribution in [0, 0.1) is 20.7 Å². The highest BCUT2D eigenvalue weighted by molar-refractivity contribution is 14.1. The third-order valence-electron chi connectivity index (χ3n) is 1.29. The van der Waals surface area contributed by atoms with Crippen LogP contribution in [0.4, 0.5) is 10.1 Å².